The topological polar surface area (TPSA) is 21.3 Å². The van der Waals surface area contributed by atoms with Gasteiger partial charge in [-0.15, -0.1) is 0 Å². The van der Waals surface area contributed by atoms with Gasteiger partial charge < -0.3 is 10.1 Å². The Labute approximate surface area is 115 Å². The van der Waals surface area contributed by atoms with Gasteiger partial charge in [-0.3, -0.25) is 0 Å². The number of aryl methyl sites for hydroxylation is 1. The van der Waals surface area contributed by atoms with Crippen LogP contribution in [0.5, 0.6) is 0 Å². The molecule has 2 rings (SSSR count). The van der Waals surface area contributed by atoms with Gasteiger partial charge in [0.2, 0.25) is 0 Å². The largest absolute Gasteiger partial charge is 0.384 e. The number of para-hydroxylation sites is 1. The van der Waals surface area contributed by atoms with Crippen LogP contribution in [0.25, 0.3) is 0 Å². The molecule has 0 saturated heterocycles. The number of nitrogens with one attached hydrogen (secondary N) is 1. The van der Waals surface area contributed by atoms with Gasteiger partial charge in [0.25, 0.3) is 0 Å². The molecule has 0 radical (unpaired) electrons. The maximum Gasteiger partial charge on any atom is 0.0503 e. The lowest BCUT2D eigenvalue weighted by Gasteiger charge is -2.13. The molecule has 0 fully saturated rings. The highest BCUT2D eigenvalue weighted by Crippen LogP contribution is 2.17. The van der Waals surface area contributed by atoms with E-state index in [4.69, 9.17) is 4.74 Å². The van der Waals surface area contributed by atoms with E-state index in [9.17, 15) is 0 Å². The fourth-order valence-electron chi connectivity index (χ4n) is 2.12. The SMILES string of the molecule is COCCc1ccccc1NCc1ccccc1C. The lowest BCUT2D eigenvalue weighted by molar-refractivity contribution is 0.202. The first-order valence-electron chi connectivity index (χ1n) is 6.66. The first-order valence-corrected chi connectivity index (χ1v) is 6.66. The number of benzene rings is 2. The molecule has 2 heteroatoms. The van der Waals surface area contributed by atoms with Gasteiger partial charge in [0.15, 0.2) is 0 Å². The number of hydrogen-bond donors (Lipinski definition) is 1. The van der Waals surface area contributed by atoms with Crippen LogP contribution in [0.3, 0.4) is 0 Å². The average Bonchev–Trinajstić information content (AvgIpc) is 2.45. The van der Waals surface area contributed by atoms with Crippen molar-refractivity contribution in [3.63, 3.8) is 0 Å². The highest BCUT2D eigenvalue weighted by molar-refractivity contribution is 5.51. The molecular formula is C17H21NO. The molecule has 0 atom stereocenters. The van der Waals surface area contributed by atoms with E-state index < -0.39 is 0 Å². The highest BCUT2D eigenvalue weighted by Gasteiger charge is 2.02. The van der Waals surface area contributed by atoms with Crippen LogP contribution >= 0.6 is 0 Å². The molecule has 0 unspecified atom stereocenters. The summed E-state index contributed by atoms with van der Waals surface area (Å²) >= 11 is 0. The summed E-state index contributed by atoms with van der Waals surface area (Å²) in [4.78, 5) is 0. The number of rotatable bonds is 6. The van der Waals surface area contributed by atoms with Crippen molar-refractivity contribution in [1.82, 2.24) is 0 Å². The quantitative estimate of drug-likeness (QED) is 0.847. The summed E-state index contributed by atoms with van der Waals surface area (Å²) < 4.78 is 5.15. The van der Waals surface area contributed by atoms with Gasteiger partial charge in [-0.1, -0.05) is 42.5 Å². The first-order chi connectivity index (χ1) is 9.31. The van der Waals surface area contributed by atoms with E-state index in [1.54, 1.807) is 7.11 Å². The third-order valence-electron chi connectivity index (χ3n) is 3.32. The van der Waals surface area contributed by atoms with Crippen LogP contribution in [0.1, 0.15) is 16.7 Å². The standard InChI is InChI=1S/C17H21NO/c1-14-7-3-4-9-16(14)13-18-17-10-6-5-8-15(17)11-12-19-2/h3-10,18H,11-13H2,1-2H3. The van der Waals surface area contributed by atoms with Crippen molar-refractivity contribution >= 4 is 5.69 Å². The zero-order chi connectivity index (χ0) is 13.5. The maximum absolute atomic E-state index is 5.15. The van der Waals surface area contributed by atoms with Crippen molar-refractivity contribution in [3.8, 4) is 0 Å². The van der Waals surface area contributed by atoms with Crippen LogP contribution in [-0.4, -0.2) is 13.7 Å². The van der Waals surface area contributed by atoms with Gasteiger partial charge in [-0.2, -0.15) is 0 Å². The van der Waals surface area contributed by atoms with Crippen LogP contribution in [0.2, 0.25) is 0 Å². The Morgan fingerprint density at radius 2 is 1.63 bits per heavy atom. The fourth-order valence-corrected chi connectivity index (χ4v) is 2.12. The molecular weight excluding hydrogens is 234 g/mol. The molecule has 2 nitrogen and oxygen atoms in total. The Kier molecular flexibility index (Phi) is 4.99. The molecule has 0 aromatic heterocycles. The molecule has 0 bridgehead atoms. The number of anilines is 1. The minimum atomic E-state index is 0.753. The van der Waals surface area contributed by atoms with E-state index in [1.807, 2.05) is 0 Å². The second kappa shape index (κ2) is 6.95. The van der Waals surface area contributed by atoms with E-state index >= 15 is 0 Å². The van der Waals surface area contributed by atoms with E-state index in [0.29, 0.717) is 0 Å². The lowest BCUT2D eigenvalue weighted by atomic mass is 10.1. The Hall–Kier alpha value is -1.80. The Morgan fingerprint density at radius 3 is 2.37 bits per heavy atom. The minimum absolute atomic E-state index is 0.753. The van der Waals surface area contributed by atoms with Crippen LogP contribution in [0.15, 0.2) is 48.5 Å². The van der Waals surface area contributed by atoms with Gasteiger partial charge in [0.05, 0.1) is 6.61 Å². The second-order valence-electron chi connectivity index (χ2n) is 4.68. The molecule has 100 valence electrons. The molecule has 0 aliphatic heterocycles. The molecule has 0 aliphatic rings. The molecule has 2 aromatic carbocycles. The average molecular weight is 255 g/mol. The molecule has 0 saturated carbocycles. The van der Waals surface area contributed by atoms with Crippen LogP contribution < -0.4 is 5.32 Å². The van der Waals surface area contributed by atoms with Gasteiger partial charge in [0.1, 0.15) is 0 Å². The lowest BCUT2D eigenvalue weighted by Crippen LogP contribution is -2.05. The van der Waals surface area contributed by atoms with E-state index in [0.717, 1.165) is 19.6 Å². The summed E-state index contributed by atoms with van der Waals surface area (Å²) in [5, 5.41) is 3.52. The third-order valence-corrected chi connectivity index (χ3v) is 3.32. The first kappa shape index (κ1) is 13.6. The van der Waals surface area contributed by atoms with Crippen molar-refractivity contribution in [3.05, 3.63) is 65.2 Å². The van der Waals surface area contributed by atoms with Crippen molar-refractivity contribution < 1.29 is 4.74 Å². The number of methoxy groups -OCH3 is 1. The highest BCUT2D eigenvalue weighted by atomic mass is 16.5. The monoisotopic (exact) mass is 255 g/mol. The van der Waals surface area contributed by atoms with Gasteiger partial charge in [-0.25, -0.2) is 0 Å². The summed E-state index contributed by atoms with van der Waals surface area (Å²) in [5.41, 5.74) is 5.16. The van der Waals surface area contributed by atoms with E-state index in [1.165, 1.54) is 22.4 Å². The Morgan fingerprint density at radius 1 is 0.947 bits per heavy atom. The molecule has 0 amide bonds. The van der Waals surface area contributed by atoms with Crippen molar-refractivity contribution in [2.45, 2.75) is 19.9 Å². The Balaban J connectivity index is 2.05. The van der Waals surface area contributed by atoms with E-state index in [-0.39, 0.29) is 0 Å². The number of ether oxygens (including phenoxy) is 1. The summed E-state index contributed by atoms with van der Waals surface area (Å²) in [5.74, 6) is 0. The summed E-state index contributed by atoms with van der Waals surface area (Å²) in [6, 6.07) is 16.9. The van der Waals surface area contributed by atoms with Crippen LogP contribution in [0, 0.1) is 6.92 Å². The zero-order valence-corrected chi connectivity index (χ0v) is 11.6. The summed E-state index contributed by atoms with van der Waals surface area (Å²) in [6.45, 7) is 3.76. The molecule has 19 heavy (non-hydrogen) atoms. The molecule has 1 N–H and O–H groups in total. The predicted molar refractivity (Wildman–Crippen MR) is 80.5 cm³/mol. The van der Waals surface area contributed by atoms with Crippen molar-refractivity contribution in [2.75, 3.05) is 19.0 Å². The van der Waals surface area contributed by atoms with Gasteiger partial charge in [-0.05, 0) is 36.1 Å². The molecule has 2 aromatic rings. The molecule has 0 aliphatic carbocycles. The third kappa shape index (κ3) is 3.83. The maximum atomic E-state index is 5.15. The van der Waals surface area contributed by atoms with Gasteiger partial charge >= 0.3 is 0 Å². The van der Waals surface area contributed by atoms with E-state index in [2.05, 4.69) is 60.8 Å². The second-order valence-corrected chi connectivity index (χ2v) is 4.68. The molecule has 0 spiro atoms. The van der Waals surface area contributed by atoms with Crippen LogP contribution in [-0.2, 0) is 17.7 Å². The minimum Gasteiger partial charge on any atom is -0.384 e. The zero-order valence-electron chi connectivity index (χ0n) is 11.6. The van der Waals surface area contributed by atoms with Gasteiger partial charge in [0, 0.05) is 19.3 Å². The normalized spacial score (nSPS) is 10.4. The Bertz CT molecular complexity index is 522. The summed E-state index contributed by atoms with van der Waals surface area (Å²) in [6.07, 6.45) is 0.938. The predicted octanol–water partition coefficient (Wildman–Crippen LogP) is 3.80. The molecule has 0 heterocycles. The smallest absolute Gasteiger partial charge is 0.0503 e. The number of hydrogen-bond acceptors (Lipinski definition) is 2. The fraction of sp³-hybridized carbons (Fsp3) is 0.294. The van der Waals surface area contributed by atoms with Crippen molar-refractivity contribution in [1.29, 1.82) is 0 Å². The van der Waals surface area contributed by atoms with Crippen molar-refractivity contribution in [2.24, 2.45) is 0 Å². The van der Waals surface area contributed by atoms with Crippen LogP contribution in [0.4, 0.5) is 5.69 Å². The summed E-state index contributed by atoms with van der Waals surface area (Å²) in [7, 11) is 1.74.